The van der Waals surface area contributed by atoms with E-state index in [1.54, 1.807) is 0 Å². The average molecular weight is 421 g/mol. The van der Waals surface area contributed by atoms with Crippen molar-refractivity contribution in [3.63, 3.8) is 0 Å². The van der Waals surface area contributed by atoms with Crippen LogP contribution in [-0.2, 0) is 4.79 Å². The molecule has 0 aromatic heterocycles. The Hall–Kier alpha value is -2.45. The minimum atomic E-state index is -2.33. The van der Waals surface area contributed by atoms with Crippen LogP contribution in [0.15, 0.2) is 28.9 Å². The predicted molar refractivity (Wildman–Crippen MR) is 91.3 cm³/mol. The van der Waals surface area contributed by atoms with Gasteiger partial charge in [0.25, 0.3) is 5.91 Å². The quantitative estimate of drug-likeness (QED) is 0.273. The minimum Gasteiger partial charge on any atom is -0.267 e. The number of rotatable bonds is 2. The number of benzene rings is 2. The van der Waals surface area contributed by atoms with Crippen molar-refractivity contribution in [2.75, 3.05) is 5.01 Å². The Balaban J connectivity index is 2.11. The highest BCUT2D eigenvalue weighted by atomic mass is 35.5. The summed E-state index contributed by atoms with van der Waals surface area (Å²) in [5.41, 5.74) is -1.25. The maximum absolute atomic E-state index is 14.0. The Morgan fingerprint density at radius 2 is 1.52 bits per heavy atom. The van der Waals surface area contributed by atoms with Gasteiger partial charge in [-0.2, -0.15) is 10.1 Å². The molecule has 3 nitrogen and oxygen atoms in total. The van der Waals surface area contributed by atoms with E-state index in [9.17, 15) is 26.7 Å². The van der Waals surface area contributed by atoms with Gasteiger partial charge in [0, 0.05) is 10.0 Å². The lowest BCUT2D eigenvalue weighted by atomic mass is 10.1. The van der Waals surface area contributed by atoms with E-state index in [0.717, 1.165) is 0 Å². The highest BCUT2D eigenvalue weighted by molar-refractivity contribution is 6.36. The Morgan fingerprint density at radius 3 is 2.07 bits per heavy atom. The van der Waals surface area contributed by atoms with Crippen LogP contribution in [0.3, 0.4) is 0 Å². The van der Waals surface area contributed by atoms with Crippen LogP contribution in [0.2, 0.25) is 10.0 Å². The summed E-state index contributed by atoms with van der Waals surface area (Å²) in [5.74, 6) is -12.1. The van der Waals surface area contributed by atoms with Gasteiger partial charge >= 0.3 is 0 Å². The molecule has 0 unspecified atom stereocenters. The van der Waals surface area contributed by atoms with Crippen LogP contribution in [-0.4, -0.2) is 11.6 Å². The lowest BCUT2D eigenvalue weighted by molar-refractivity contribution is -0.114. The van der Waals surface area contributed by atoms with Crippen LogP contribution in [0, 0.1) is 29.1 Å². The molecular weight excluding hydrogens is 414 g/mol. The maximum atomic E-state index is 14.0. The van der Waals surface area contributed by atoms with Crippen LogP contribution < -0.4 is 5.01 Å². The van der Waals surface area contributed by atoms with E-state index in [2.05, 4.69) is 5.10 Å². The molecule has 0 N–H and O–H groups in total. The van der Waals surface area contributed by atoms with E-state index in [1.807, 2.05) is 0 Å². The number of anilines is 1. The van der Waals surface area contributed by atoms with E-state index in [1.165, 1.54) is 31.2 Å². The molecule has 1 aliphatic heterocycles. The number of hydrogen-bond acceptors (Lipinski definition) is 2. The van der Waals surface area contributed by atoms with Gasteiger partial charge in [-0.3, -0.25) is 4.79 Å². The van der Waals surface area contributed by atoms with Crippen molar-refractivity contribution >= 4 is 46.6 Å². The highest BCUT2D eigenvalue weighted by Crippen LogP contribution is 2.34. The lowest BCUT2D eigenvalue weighted by Gasteiger charge is -2.15. The smallest absolute Gasteiger partial charge is 0.267 e. The first kappa shape index (κ1) is 19.3. The fourth-order valence-electron chi connectivity index (χ4n) is 2.39. The Kier molecular flexibility index (Phi) is 4.96. The summed E-state index contributed by atoms with van der Waals surface area (Å²) >= 11 is 11.8. The third kappa shape index (κ3) is 3.19. The molecule has 0 aliphatic carbocycles. The number of halogens is 7. The SMILES string of the molecule is CC1=NN(c2c(F)c(F)c(F)c(F)c2F)C(=O)/C1=C/c1ccc(Cl)cc1Cl. The van der Waals surface area contributed by atoms with Crippen LogP contribution in [0.1, 0.15) is 12.5 Å². The molecule has 0 atom stereocenters. The third-order valence-electron chi connectivity index (χ3n) is 3.72. The molecule has 0 saturated heterocycles. The standard InChI is InChI=1S/C17H7Cl2F5N2O/c1-6-9(4-7-2-3-8(18)5-10(7)19)17(27)26(25-6)16-14(23)12(21)11(20)13(22)15(16)24/h2-5H,1H3/b9-4+. The molecule has 1 aliphatic rings. The molecular formula is C17H7Cl2F5N2O. The summed E-state index contributed by atoms with van der Waals surface area (Å²) in [7, 11) is 0. The Labute approximate surface area is 159 Å². The zero-order valence-corrected chi connectivity index (χ0v) is 14.8. The molecule has 0 bridgehead atoms. The largest absolute Gasteiger partial charge is 0.280 e. The summed E-state index contributed by atoms with van der Waals surface area (Å²) in [6.45, 7) is 1.33. The van der Waals surface area contributed by atoms with Gasteiger partial charge in [-0.05, 0) is 30.7 Å². The second-order valence-electron chi connectivity index (χ2n) is 5.44. The van der Waals surface area contributed by atoms with Crippen molar-refractivity contribution in [1.82, 2.24) is 0 Å². The van der Waals surface area contributed by atoms with E-state index < -0.39 is 40.7 Å². The number of hydrazone groups is 1. The van der Waals surface area contributed by atoms with Gasteiger partial charge in [0.1, 0.15) is 5.69 Å². The molecule has 0 fully saturated rings. The number of nitrogens with zero attached hydrogens (tertiary/aromatic N) is 2. The highest BCUT2D eigenvalue weighted by Gasteiger charge is 2.37. The van der Waals surface area contributed by atoms with Gasteiger partial charge in [0.15, 0.2) is 23.3 Å². The van der Waals surface area contributed by atoms with Crippen molar-refractivity contribution in [2.24, 2.45) is 5.10 Å². The Bertz CT molecular complexity index is 1020. The molecule has 0 saturated carbocycles. The van der Waals surface area contributed by atoms with Gasteiger partial charge in [0.05, 0.1) is 11.3 Å². The first-order valence-corrected chi connectivity index (χ1v) is 7.97. The summed E-state index contributed by atoms with van der Waals surface area (Å²) in [6, 6.07) is 4.39. The zero-order valence-electron chi connectivity index (χ0n) is 13.3. The summed E-state index contributed by atoms with van der Waals surface area (Å²) in [5, 5.41) is 4.28. The van der Waals surface area contributed by atoms with Crippen LogP contribution >= 0.6 is 23.2 Å². The van der Waals surface area contributed by atoms with Gasteiger partial charge < -0.3 is 0 Å². The molecule has 1 amide bonds. The number of carbonyl (C=O) groups is 1. The predicted octanol–water partition coefficient (Wildman–Crippen LogP) is 5.50. The molecule has 27 heavy (non-hydrogen) atoms. The maximum Gasteiger partial charge on any atom is 0.280 e. The average Bonchev–Trinajstić information content (AvgIpc) is 2.88. The van der Waals surface area contributed by atoms with Gasteiger partial charge in [-0.15, -0.1) is 0 Å². The number of amides is 1. The molecule has 1 heterocycles. The zero-order chi connectivity index (χ0) is 20.0. The topological polar surface area (TPSA) is 32.7 Å². The second kappa shape index (κ2) is 6.94. The van der Waals surface area contributed by atoms with Crippen LogP contribution in [0.25, 0.3) is 6.08 Å². The molecule has 0 radical (unpaired) electrons. The molecule has 0 spiro atoms. The van der Waals surface area contributed by atoms with Crippen molar-refractivity contribution in [2.45, 2.75) is 6.92 Å². The number of hydrogen-bond donors (Lipinski definition) is 0. The molecule has 140 valence electrons. The van der Waals surface area contributed by atoms with Gasteiger partial charge in [0.2, 0.25) is 5.82 Å². The monoisotopic (exact) mass is 420 g/mol. The van der Waals surface area contributed by atoms with Crippen LogP contribution in [0.5, 0.6) is 0 Å². The Morgan fingerprint density at radius 1 is 0.963 bits per heavy atom. The second-order valence-corrected chi connectivity index (χ2v) is 6.29. The van der Waals surface area contributed by atoms with E-state index in [-0.39, 0.29) is 21.3 Å². The van der Waals surface area contributed by atoms with E-state index in [4.69, 9.17) is 23.2 Å². The normalized spacial score (nSPS) is 15.7. The van der Waals surface area contributed by atoms with Crippen molar-refractivity contribution in [3.8, 4) is 0 Å². The fourth-order valence-corrected chi connectivity index (χ4v) is 2.85. The first-order valence-electron chi connectivity index (χ1n) is 7.21. The van der Waals surface area contributed by atoms with Crippen molar-refractivity contribution in [1.29, 1.82) is 0 Å². The molecule has 10 heteroatoms. The summed E-state index contributed by atoms with van der Waals surface area (Å²) in [4.78, 5) is 12.5. The van der Waals surface area contributed by atoms with Crippen molar-refractivity contribution < 1.29 is 26.7 Å². The van der Waals surface area contributed by atoms with E-state index >= 15 is 0 Å². The summed E-state index contributed by atoms with van der Waals surface area (Å²) in [6.07, 6.45) is 1.27. The molecule has 3 rings (SSSR count). The van der Waals surface area contributed by atoms with Gasteiger partial charge in [-0.25, -0.2) is 22.0 Å². The fraction of sp³-hybridized carbons (Fsp3) is 0.0588. The summed E-state index contributed by atoms with van der Waals surface area (Å²) < 4.78 is 68.0. The van der Waals surface area contributed by atoms with Crippen LogP contribution in [0.4, 0.5) is 27.6 Å². The van der Waals surface area contributed by atoms with E-state index in [0.29, 0.717) is 10.6 Å². The van der Waals surface area contributed by atoms with Gasteiger partial charge in [-0.1, -0.05) is 29.3 Å². The lowest BCUT2D eigenvalue weighted by Crippen LogP contribution is -2.25. The third-order valence-corrected chi connectivity index (χ3v) is 4.29. The van der Waals surface area contributed by atoms with Crippen molar-refractivity contribution in [3.05, 3.63) is 68.5 Å². The molecule has 2 aromatic carbocycles. The molecule has 2 aromatic rings. The minimum absolute atomic E-state index is 0.00467. The first-order chi connectivity index (χ1) is 12.6. The number of carbonyl (C=O) groups excluding carboxylic acids is 1.